The maximum Gasteiger partial charge on any atom is 0.336 e. The van der Waals surface area contributed by atoms with Gasteiger partial charge in [-0.2, -0.15) is 0 Å². The van der Waals surface area contributed by atoms with Crippen LogP contribution in [-0.2, 0) is 9.53 Å². The van der Waals surface area contributed by atoms with Gasteiger partial charge in [0.05, 0.1) is 12.7 Å². The summed E-state index contributed by atoms with van der Waals surface area (Å²) in [6.45, 7) is 1.69. The van der Waals surface area contributed by atoms with E-state index < -0.39 is 12.1 Å². The van der Waals surface area contributed by atoms with Gasteiger partial charge in [0.15, 0.2) is 0 Å². The van der Waals surface area contributed by atoms with Gasteiger partial charge in [0.1, 0.15) is 6.10 Å². The number of hydrogen-bond donors (Lipinski definition) is 1. The number of rotatable bonds is 3. The summed E-state index contributed by atoms with van der Waals surface area (Å²) in [5, 5.41) is 9.91. The highest BCUT2D eigenvalue weighted by Gasteiger charge is 2.19. The Labute approximate surface area is 89.0 Å². The van der Waals surface area contributed by atoms with Crippen LogP contribution in [-0.4, -0.2) is 18.2 Å². The number of hydrogen-bond acceptors (Lipinski definition) is 3. The van der Waals surface area contributed by atoms with Gasteiger partial charge < -0.3 is 9.84 Å². The zero-order valence-corrected chi connectivity index (χ0v) is 8.81. The van der Waals surface area contributed by atoms with Crippen LogP contribution in [0.1, 0.15) is 18.6 Å². The molecule has 1 aromatic carbocycles. The topological polar surface area (TPSA) is 46.5 Å². The summed E-state index contributed by atoms with van der Waals surface area (Å²) in [6, 6.07) is 8.99. The van der Waals surface area contributed by atoms with Crippen molar-refractivity contribution in [3.05, 3.63) is 47.5 Å². The lowest BCUT2D eigenvalue weighted by molar-refractivity contribution is -0.137. The van der Waals surface area contributed by atoms with Crippen LogP contribution in [0.4, 0.5) is 0 Å². The molecule has 0 unspecified atom stereocenters. The Bertz CT molecular complexity index is 354. The average molecular weight is 206 g/mol. The van der Waals surface area contributed by atoms with Crippen molar-refractivity contribution in [1.82, 2.24) is 0 Å². The standard InChI is InChI=1S/C12H14O3/c1-3-10(12(14)15-2)11(13)9-7-5-4-6-8-9/h3-8,11,13H,1-2H3/b10-3+/t11-/m1/s1. The Hall–Kier alpha value is -1.61. The number of methoxy groups -OCH3 is 1. The largest absolute Gasteiger partial charge is 0.466 e. The smallest absolute Gasteiger partial charge is 0.336 e. The second-order valence-electron chi connectivity index (χ2n) is 3.05. The van der Waals surface area contributed by atoms with Gasteiger partial charge in [-0.15, -0.1) is 0 Å². The van der Waals surface area contributed by atoms with Crippen LogP contribution in [0.2, 0.25) is 0 Å². The molecule has 0 aliphatic carbocycles. The SMILES string of the molecule is C/C=C(/C(=O)OC)[C@H](O)c1ccccc1. The highest BCUT2D eigenvalue weighted by atomic mass is 16.5. The van der Waals surface area contributed by atoms with Crippen molar-refractivity contribution in [2.24, 2.45) is 0 Å². The van der Waals surface area contributed by atoms with E-state index in [1.807, 2.05) is 18.2 Å². The van der Waals surface area contributed by atoms with Gasteiger partial charge in [-0.3, -0.25) is 0 Å². The van der Waals surface area contributed by atoms with Crippen LogP contribution >= 0.6 is 0 Å². The minimum atomic E-state index is -0.927. The Morgan fingerprint density at radius 3 is 2.47 bits per heavy atom. The molecule has 0 spiro atoms. The van der Waals surface area contributed by atoms with Crippen molar-refractivity contribution in [2.45, 2.75) is 13.0 Å². The first-order chi connectivity index (χ1) is 7.20. The molecular weight excluding hydrogens is 192 g/mol. The zero-order chi connectivity index (χ0) is 11.3. The van der Waals surface area contributed by atoms with Crippen molar-refractivity contribution in [3.8, 4) is 0 Å². The molecule has 15 heavy (non-hydrogen) atoms. The number of aliphatic hydroxyl groups excluding tert-OH is 1. The number of carbonyl (C=O) groups is 1. The van der Waals surface area contributed by atoms with Gasteiger partial charge >= 0.3 is 5.97 Å². The normalized spacial score (nSPS) is 13.4. The van der Waals surface area contributed by atoms with E-state index in [0.29, 0.717) is 5.56 Å². The molecule has 3 heteroatoms. The minimum Gasteiger partial charge on any atom is -0.466 e. The van der Waals surface area contributed by atoms with Crippen molar-refractivity contribution < 1.29 is 14.6 Å². The molecule has 1 atom stereocenters. The van der Waals surface area contributed by atoms with Gasteiger partial charge in [-0.1, -0.05) is 36.4 Å². The first-order valence-corrected chi connectivity index (χ1v) is 4.68. The van der Waals surface area contributed by atoms with Crippen molar-refractivity contribution in [2.75, 3.05) is 7.11 Å². The van der Waals surface area contributed by atoms with Gasteiger partial charge in [-0.25, -0.2) is 4.79 Å². The predicted octanol–water partition coefficient (Wildman–Crippen LogP) is 1.84. The zero-order valence-electron chi connectivity index (χ0n) is 8.81. The van der Waals surface area contributed by atoms with Crippen LogP contribution < -0.4 is 0 Å². The van der Waals surface area contributed by atoms with E-state index in [1.165, 1.54) is 7.11 Å². The third kappa shape index (κ3) is 2.67. The molecule has 0 heterocycles. The molecule has 0 saturated heterocycles. The highest BCUT2D eigenvalue weighted by Crippen LogP contribution is 2.21. The van der Waals surface area contributed by atoms with Crippen LogP contribution in [0.15, 0.2) is 42.0 Å². The third-order valence-corrected chi connectivity index (χ3v) is 2.14. The van der Waals surface area contributed by atoms with Crippen LogP contribution in [0.25, 0.3) is 0 Å². The van der Waals surface area contributed by atoms with Crippen LogP contribution in [0.3, 0.4) is 0 Å². The monoisotopic (exact) mass is 206 g/mol. The summed E-state index contributed by atoms with van der Waals surface area (Å²) in [5.74, 6) is -0.506. The molecule has 0 aliphatic heterocycles. The van der Waals surface area contributed by atoms with Crippen molar-refractivity contribution in [1.29, 1.82) is 0 Å². The van der Waals surface area contributed by atoms with E-state index in [9.17, 15) is 9.90 Å². The quantitative estimate of drug-likeness (QED) is 0.606. The third-order valence-electron chi connectivity index (χ3n) is 2.14. The summed E-state index contributed by atoms with van der Waals surface area (Å²) in [4.78, 5) is 11.3. The fraction of sp³-hybridized carbons (Fsp3) is 0.250. The van der Waals surface area contributed by atoms with E-state index in [-0.39, 0.29) is 5.57 Å². The molecule has 3 nitrogen and oxygen atoms in total. The van der Waals surface area contributed by atoms with Gasteiger partial charge in [0.25, 0.3) is 0 Å². The summed E-state index contributed by atoms with van der Waals surface area (Å²) < 4.78 is 4.58. The Morgan fingerprint density at radius 1 is 1.40 bits per heavy atom. The number of aliphatic hydroxyl groups is 1. The molecule has 1 rings (SSSR count). The number of ether oxygens (including phenoxy) is 1. The lowest BCUT2D eigenvalue weighted by Gasteiger charge is -2.12. The molecule has 0 fully saturated rings. The van der Waals surface area contributed by atoms with Crippen molar-refractivity contribution in [3.63, 3.8) is 0 Å². The average Bonchev–Trinajstić information content (AvgIpc) is 2.30. The number of allylic oxidation sites excluding steroid dienone is 1. The maximum absolute atomic E-state index is 11.3. The molecule has 1 aromatic rings. The molecule has 0 amide bonds. The highest BCUT2D eigenvalue weighted by molar-refractivity contribution is 5.89. The summed E-state index contributed by atoms with van der Waals surface area (Å²) in [5.41, 5.74) is 0.930. The number of carbonyl (C=O) groups excluding carboxylic acids is 1. The number of esters is 1. The van der Waals surface area contributed by atoms with Gasteiger partial charge in [0, 0.05) is 0 Å². The van der Waals surface area contributed by atoms with Crippen LogP contribution in [0.5, 0.6) is 0 Å². The number of benzene rings is 1. The molecule has 0 aliphatic rings. The summed E-state index contributed by atoms with van der Waals surface area (Å²) >= 11 is 0. The first-order valence-electron chi connectivity index (χ1n) is 4.68. The van der Waals surface area contributed by atoms with E-state index in [4.69, 9.17) is 0 Å². The van der Waals surface area contributed by atoms with Gasteiger partial charge in [-0.05, 0) is 12.5 Å². The van der Waals surface area contributed by atoms with Crippen LogP contribution in [0, 0.1) is 0 Å². The predicted molar refractivity (Wildman–Crippen MR) is 57.2 cm³/mol. The van der Waals surface area contributed by atoms with E-state index in [0.717, 1.165) is 0 Å². The Morgan fingerprint density at radius 2 is 2.00 bits per heavy atom. The van der Waals surface area contributed by atoms with Gasteiger partial charge in [0.2, 0.25) is 0 Å². The lowest BCUT2D eigenvalue weighted by Crippen LogP contribution is -2.12. The molecule has 0 aromatic heterocycles. The fourth-order valence-electron chi connectivity index (χ4n) is 1.32. The molecule has 0 radical (unpaired) electrons. The van der Waals surface area contributed by atoms with E-state index >= 15 is 0 Å². The maximum atomic E-state index is 11.3. The second kappa shape index (κ2) is 5.32. The van der Waals surface area contributed by atoms with E-state index in [2.05, 4.69) is 4.74 Å². The molecule has 1 N–H and O–H groups in total. The molecular formula is C12H14O3. The Balaban J connectivity index is 2.93. The Kier molecular flexibility index (Phi) is 4.06. The first kappa shape index (κ1) is 11.5. The second-order valence-corrected chi connectivity index (χ2v) is 3.05. The molecule has 0 bridgehead atoms. The summed E-state index contributed by atoms with van der Waals surface area (Å²) in [6.07, 6.45) is 0.632. The minimum absolute atomic E-state index is 0.253. The lowest BCUT2D eigenvalue weighted by atomic mass is 10.0. The fourth-order valence-corrected chi connectivity index (χ4v) is 1.32. The summed E-state index contributed by atoms with van der Waals surface area (Å²) in [7, 11) is 1.30. The molecule has 80 valence electrons. The van der Waals surface area contributed by atoms with Crippen molar-refractivity contribution >= 4 is 5.97 Å². The van der Waals surface area contributed by atoms with E-state index in [1.54, 1.807) is 25.1 Å². The molecule has 0 saturated carbocycles.